The summed E-state index contributed by atoms with van der Waals surface area (Å²) in [6.45, 7) is 7.34. The summed E-state index contributed by atoms with van der Waals surface area (Å²) < 4.78 is 0. The second-order valence-corrected chi connectivity index (χ2v) is 8.39. The molecule has 5 N–H and O–H groups in total. The van der Waals surface area contributed by atoms with Gasteiger partial charge < -0.3 is 26.2 Å². The van der Waals surface area contributed by atoms with Crippen LogP contribution in [0.4, 0.5) is 0 Å². The van der Waals surface area contributed by atoms with E-state index >= 15 is 0 Å². The molecular formula is C21H29N3O4. The van der Waals surface area contributed by atoms with Gasteiger partial charge in [-0.1, -0.05) is 32.8 Å². The van der Waals surface area contributed by atoms with Crippen LogP contribution < -0.4 is 11.1 Å². The molecule has 2 unspecified atom stereocenters. The van der Waals surface area contributed by atoms with Crippen molar-refractivity contribution in [1.29, 1.82) is 0 Å². The van der Waals surface area contributed by atoms with Crippen molar-refractivity contribution in [2.75, 3.05) is 6.54 Å². The molecule has 28 heavy (non-hydrogen) atoms. The van der Waals surface area contributed by atoms with E-state index in [1.807, 2.05) is 20.8 Å². The van der Waals surface area contributed by atoms with Crippen LogP contribution in [0.1, 0.15) is 51.3 Å². The number of phenols is 1. The fourth-order valence-corrected chi connectivity index (χ4v) is 3.24. The number of β-amino-alcohol motifs (C(OH)–C–C–N with tert-alkyl or cyclic N) is 1. The number of carbonyl (C=O) groups is 2. The fourth-order valence-electron chi connectivity index (χ4n) is 3.24. The number of phenolic OH excluding ortho intramolecular Hbond substituents is 1. The molecule has 0 aromatic heterocycles. The van der Waals surface area contributed by atoms with E-state index in [0.29, 0.717) is 11.1 Å². The lowest BCUT2D eigenvalue weighted by molar-refractivity contribution is -0.141. The van der Waals surface area contributed by atoms with Gasteiger partial charge in [0.05, 0.1) is 18.2 Å². The lowest BCUT2D eigenvalue weighted by Crippen LogP contribution is -2.55. The zero-order chi connectivity index (χ0) is 21.2. The summed E-state index contributed by atoms with van der Waals surface area (Å²) in [6.07, 6.45) is 4.67. The second kappa shape index (κ2) is 8.21. The molecule has 1 aliphatic heterocycles. The van der Waals surface area contributed by atoms with Crippen LogP contribution >= 0.6 is 0 Å². The molecule has 0 spiro atoms. The number of aromatic hydroxyl groups is 1. The maximum absolute atomic E-state index is 12.8. The maximum atomic E-state index is 12.8. The third-order valence-corrected chi connectivity index (χ3v) is 5.09. The molecule has 7 heteroatoms. The molecule has 0 radical (unpaired) electrons. The van der Waals surface area contributed by atoms with Gasteiger partial charge in [-0.3, -0.25) is 9.59 Å². The van der Waals surface area contributed by atoms with E-state index in [4.69, 9.17) is 12.2 Å². The molecule has 1 fully saturated rings. The molecule has 1 aromatic rings. The normalized spacial score (nSPS) is 21.7. The third-order valence-electron chi connectivity index (χ3n) is 5.09. The SMILES string of the molecule is C#Cc1ccc(C(C)NC(=O)[C@@H]2C[C@@H](O)CN2C(=O)C(N)C(C)(C)C)c(O)c1. The molecule has 1 heterocycles. The number of carbonyl (C=O) groups excluding carboxylic acids is 2. The van der Waals surface area contributed by atoms with Crippen molar-refractivity contribution >= 4 is 11.8 Å². The van der Waals surface area contributed by atoms with Crippen molar-refractivity contribution < 1.29 is 19.8 Å². The summed E-state index contributed by atoms with van der Waals surface area (Å²) >= 11 is 0. The number of likely N-dealkylation sites (tertiary alicyclic amines) is 1. The minimum atomic E-state index is -0.814. The minimum absolute atomic E-state index is 0.0163. The molecule has 0 bridgehead atoms. The zero-order valence-corrected chi connectivity index (χ0v) is 16.8. The third kappa shape index (κ3) is 4.64. The number of aliphatic hydroxyl groups is 1. The molecule has 152 valence electrons. The van der Waals surface area contributed by atoms with Gasteiger partial charge in [-0.15, -0.1) is 6.42 Å². The van der Waals surface area contributed by atoms with Gasteiger partial charge in [0.2, 0.25) is 11.8 Å². The summed E-state index contributed by atoms with van der Waals surface area (Å²) in [6, 6.07) is 2.67. The van der Waals surface area contributed by atoms with Crippen molar-refractivity contribution in [2.24, 2.45) is 11.1 Å². The van der Waals surface area contributed by atoms with Gasteiger partial charge in [0.1, 0.15) is 11.8 Å². The number of nitrogens with two attached hydrogens (primary N) is 1. The summed E-state index contributed by atoms with van der Waals surface area (Å²) in [5, 5.41) is 23.0. The molecule has 2 amide bonds. The molecular weight excluding hydrogens is 358 g/mol. The van der Waals surface area contributed by atoms with Gasteiger partial charge in [-0.05, 0) is 24.5 Å². The summed E-state index contributed by atoms with van der Waals surface area (Å²) in [5.74, 6) is 1.65. The van der Waals surface area contributed by atoms with E-state index in [9.17, 15) is 19.8 Å². The number of nitrogens with zero attached hydrogens (tertiary/aromatic N) is 1. The van der Waals surface area contributed by atoms with Crippen LogP contribution in [-0.2, 0) is 9.59 Å². The summed E-state index contributed by atoms with van der Waals surface area (Å²) in [7, 11) is 0. The summed E-state index contributed by atoms with van der Waals surface area (Å²) in [5.41, 5.74) is 6.64. The van der Waals surface area contributed by atoms with Gasteiger partial charge in [0, 0.05) is 24.1 Å². The Labute approximate surface area is 165 Å². The number of hydrogen-bond donors (Lipinski definition) is 4. The topological polar surface area (TPSA) is 116 Å². The van der Waals surface area contributed by atoms with Crippen LogP contribution in [0.3, 0.4) is 0 Å². The average molecular weight is 387 g/mol. The molecule has 2 rings (SSSR count). The number of rotatable bonds is 4. The maximum Gasteiger partial charge on any atom is 0.243 e. The Hall–Kier alpha value is -2.56. The average Bonchev–Trinajstić information content (AvgIpc) is 3.01. The van der Waals surface area contributed by atoms with Crippen LogP contribution in [0.2, 0.25) is 0 Å². The fraction of sp³-hybridized carbons (Fsp3) is 0.524. The Kier molecular flexibility index (Phi) is 6.37. The van der Waals surface area contributed by atoms with E-state index in [0.717, 1.165) is 0 Å². The van der Waals surface area contributed by atoms with Crippen molar-refractivity contribution in [1.82, 2.24) is 10.2 Å². The Bertz CT molecular complexity index is 794. The van der Waals surface area contributed by atoms with Gasteiger partial charge in [0.15, 0.2) is 0 Å². The Morgan fingerprint density at radius 2 is 2.04 bits per heavy atom. The van der Waals surface area contributed by atoms with E-state index in [1.165, 1.54) is 11.0 Å². The van der Waals surface area contributed by atoms with Gasteiger partial charge in [0.25, 0.3) is 0 Å². The van der Waals surface area contributed by atoms with E-state index in [-0.39, 0.29) is 24.6 Å². The smallest absolute Gasteiger partial charge is 0.243 e. The van der Waals surface area contributed by atoms with Crippen molar-refractivity contribution in [3.05, 3.63) is 29.3 Å². The molecule has 1 aromatic carbocycles. The van der Waals surface area contributed by atoms with Crippen LogP contribution in [0, 0.1) is 17.8 Å². The standard InChI is InChI=1S/C21H29N3O4/c1-6-13-7-8-15(17(26)9-13)12(2)23-19(27)16-10-14(25)11-24(16)20(28)18(22)21(3,4)5/h1,7-9,12,14,16,18,25-26H,10-11,22H2,2-5H3,(H,23,27)/t12?,14-,16+,18?/m1/s1. The van der Waals surface area contributed by atoms with Crippen LogP contribution in [0.15, 0.2) is 18.2 Å². The highest BCUT2D eigenvalue weighted by Crippen LogP contribution is 2.27. The first kappa shape index (κ1) is 21.7. The lowest BCUT2D eigenvalue weighted by Gasteiger charge is -2.32. The van der Waals surface area contributed by atoms with E-state index < -0.39 is 35.6 Å². The Morgan fingerprint density at radius 3 is 2.57 bits per heavy atom. The first-order valence-electron chi connectivity index (χ1n) is 9.29. The number of aliphatic hydroxyl groups excluding tert-OH is 1. The predicted octanol–water partition coefficient (Wildman–Crippen LogP) is 0.886. The van der Waals surface area contributed by atoms with E-state index in [2.05, 4.69) is 11.2 Å². The Morgan fingerprint density at radius 1 is 1.39 bits per heavy atom. The lowest BCUT2D eigenvalue weighted by atomic mass is 9.86. The molecule has 0 aliphatic carbocycles. The van der Waals surface area contributed by atoms with Crippen LogP contribution in [0.25, 0.3) is 0 Å². The number of nitrogens with one attached hydrogen (secondary N) is 1. The van der Waals surface area contributed by atoms with Crippen molar-refractivity contribution in [3.63, 3.8) is 0 Å². The molecule has 1 aliphatic rings. The molecule has 1 saturated heterocycles. The monoisotopic (exact) mass is 387 g/mol. The number of amides is 2. The quantitative estimate of drug-likeness (QED) is 0.573. The highest BCUT2D eigenvalue weighted by molar-refractivity contribution is 5.91. The number of terminal acetylenes is 1. The highest BCUT2D eigenvalue weighted by Gasteiger charge is 2.43. The largest absolute Gasteiger partial charge is 0.508 e. The second-order valence-electron chi connectivity index (χ2n) is 8.39. The van der Waals surface area contributed by atoms with Crippen LogP contribution in [-0.4, -0.2) is 51.7 Å². The van der Waals surface area contributed by atoms with E-state index in [1.54, 1.807) is 19.1 Å². The molecule has 4 atom stereocenters. The minimum Gasteiger partial charge on any atom is -0.508 e. The first-order valence-corrected chi connectivity index (χ1v) is 9.29. The van der Waals surface area contributed by atoms with Crippen molar-refractivity contribution in [3.8, 4) is 18.1 Å². The molecule has 7 nitrogen and oxygen atoms in total. The number of benzene rings is 1. The van der Waals surface area contributed by atoms with Gasteiger partial charge >= 0.3 is 0 Å². The number of hydrogen-bond acceptors (Lipinski definition) is 5. The zero-order valence-electron chi connectivity index (χ0n) is 16.8. The van der Waals surface area contributed by atoms with Crippen LogP contribution in [0.5, 0.6) is 5.75 Å². The Balaban J connectivity index is 2.15. The molecule has 0 saturated carbocycles. The van der Waals surface area contributed by atoms with Gasteiger partial charge in [-0.2, -0.15) is 0 Å². The predicted molar refractivity (Wildman–Crippen MR) is 106 cm³/mol. The first-order chi connectivity index (χ1) is 13.0. The van der Waals surface area contributed by atoms with Crippen molar-refractivity contribution in [2.45, 2.75) is 58.3 Å². The highest BCUT2D eigenvalue weighted by atomic mass is 16.3. The van der Waals surface area contributed by atoms with Gasteiger partial charge in [-0.25, -0.2) is 0 Å². The summed E-state index contributed by atoms with van der Waals surface area (Å²) in [4.78, 5) is 27.0.